The van der Waals surface area contributed by atoms with Gasteiger partial charge in [0.1, 0.15) is 23.1 Å². The molecule has 0 saturated heterocycles. The lowest BCUT2D eigenvalue weighted by atomic mass is 10.1. The van der Waals surface area contributed by atoms with Crippen LogP contribution in [-0.2, 0) is 0 Å². The van der Waals surface area contributed by atoms with Crippen molar-refractivity contribution in [1.29, 1.82) is 0 Å². The van der Waals surface area contributed by atoms with Crippen molar-refractivity contribution in [3.63, 3.8) is 0 Å². The average Bonchev–Trinajstić information content (AvgIpc) is 2.45. The Hall–Kier alpha value is -1.59. The predicted octanol–water partition coefficient (Wildman–Crippen LogP) is 4.67. The zero-order valence-corrected chi connectivity index (χ0v) is 13.7. The van der Waals surface area contributed by atoms with Gasteiger partial charge in [-0.05, 0) is 38.2 Å². The van der Waals surface area contributed by atoms with E-state index in [0.717, 1.165) is 11.3 Å². The van der Waals surface area contributed by atoms with Gasteiger partial charge < -0.3 is 14.8 Å². The van der Waals surface area contributed by atoms with Crippen molar-refractivity contribution in [3.05, 3.63) is 52.3 Å². The first-order valence-electron chi connectivity index (χ1n) is 6.53. The van der Waals surface area contributed by atoms with Crippen molar-refractivity contribution in [2.75, 3.05) is 14.2 Å². The second-order valence-corrected chi connectivity index (χ2v) is 5.51. The van der Waals surface area contributed by atoms with E-state index in [4.69, 9.17) is 9.47 Å². The van der Waals surface area contributed by atoms with Crippen LogP contribution in [-0.4, -0.2) is 14.2 Å². The molecule has 0 bridgehead atoms. The number of nitrogens with one attached hydrogen (secondary N) is 1. The third kappa shape index (κ3) is 3.74. The molecule has 2 rings (SSSR count). The van der Waals surface area contributed by atoms with Gasteiger partial charge in [0.05, 0.1) is 12.7 Å². The highest BCUT2D eigenvalue weighted by Crippen LogP contribution is 2.37. The van der Waals surface area contributed by atoms with Crippen LogP contribution in [0.15, 0.2) is 40.9 Å². The van der Waals surface area contributed by atoms with Gasteiger partial charge in [0.2, 0.25) is 0 Å². The number of halogens is 2. The van der Waals surface area contributed by atoms with Gasteiger partial charge in [-0.3, -0.25) is 0 Å². The first-order valence-corrected chi connectivity index (χ1v) is 7.32. The molecule has 2 aromatic carbocycles. The molecular formula is C16H17BrFNO2. The van der Waals surface area contributed by atoms with E-state index in [1.165, 1.54) is 12.1 Å². The summed E-state index contributed by atoms with van der Waals surface area (Å²) in [5.74, 6) is 1.43. The Kier molecular flexibility index (Phi) is 5.20. The second-order valence-electron chi connectivity index (χ2n) is 4.59. The zero-order valence-electron chi connectivity index (χ0n) is 12.1. The number of ether oxygens (including phenoxy) is 2. The molecule has 2 aromatic rings. The molecule has 0 aromatic heterocycles. The highest BCUT2D eigenvalue weighted by atomic mass is 79.9. The lowest BCUT2D eigenvalue weighted by molar-refractivity contribution is 0.392. The highest BCUT2D eigenvalue weighted by Gasteiger charge is 2.16. The van der Waals surface area contributed by atoms with Crippen LogP contribution < -0.4 is 14.8 Å². The lowest BCUT2D eigenvalue weighted by Gasteiger charge is -2.19. The fourth-order valence-corrected chi connectivity index (χ4v) is 2.52. The summed E-state index contributed by atoms with van der Waals surface area (Å²) < 4.78 is 25.3. The van der Waals surface area contributed by atoms with Crippen molar-refractivity contribution in [2.45, 2.75) is 13.0 Å². The van der Waals surface area contributed by atoms with Gasteiger partial charge in [0.25, 0.3) is 0 Å². The van der Waals surface area contributed by atoms with Gasteiger partial charge in [-0.1, -0.05) is 22.0 Å². The summed E-state index contributed by atoms with van der Waals surface area (Å²) in [5, 5.41) is 3.16. The molecule has 0 radical (unpaired) electrons. The first kappa shape index (κ1) is 15.8. The molecule has 0 aliphatic rings. The summed E-state index contributed by atoms with van der Waals surface area (Å²) in [6.45, 7) is 2.01. The highest BCUT2D eigenvalue weighted by molar-refractivity contribution is 9.10. The van der Waals surface area contributed by atoms with Crippen LogP contribution in [0.3, 0.4) is 0 Å². The molecule has 21 heavy (non-hydrogen) atoms. The van der Waals surface area contributed by atoms with Crippen LogP contribution >= 0.6 is 15.9 Å². The van der Waals surface area contributed by atoms with E-state index in [9.17, 15) is 4.39 Å². The van der Waals surface area contributed by atoms with E-state index in [1.807, 2.05) is 32.2 Å². The predicted molar refractivity (Wildman–Crippen MR) is 84.6 cm³/mol. The van der Waals surface area contributed by atoms with Crippen LogP contribution in [0, 0.1) is 5.82 Å². The minimum Gasteiger partial charge on any atom is -0.496 e. The molecule has 0 aliphatic carbocycles. The molecule has 0 fully saturated rings. The van der Waals surface area contributed by atoms with Gasteiger partial charge in [0, 0.05) is 16.6 Å². The number of hydrogen-bond acceptors (Lipinski definition) is 3. The Balaban J connectivity index is 2.43. The van der Waals surface area contributed by atoms with E-state index in [1.54, 1.807) is 13.2 Å². The van der Waals surface area contributed by atoms with Crippen LogP contribution in [0.25, 0.3) is 0 Å². The summed E-state index contributed by atoms with van der Waals surface area (Å²) in [7, 11) is 3.48. The summed E-state index contributed by atoms with van der Waals surface area (Å²) >= 11 is 3.26. The van der Waals surface area contributed by atoms with E-state index >= 15 is 0 Å². The van der Waals surface area contributed by atoms with Crippen molar-refractivity contribution in [2.24, 2.45) is 0 Å². The summed E-state index contributed by atoms with van der Waals surface area (Å²) in [6.07, 6.45) is 0. The second kappa shape index (κ2) is 6.91. The molecule has 0 spiro atoms. The molecule has 0 heterocycles. The summed E-state index contributed by atoms with van der Waals surface area (Å²) in [5.41, 5.74) is 0.892. The average molecular weight is 354 g/mol. The third-order valence-corrected chi connectivity index (χ3v) is 3.63. The van der Waals surface area contributed by atoms with Crippen molar-refractivity contribution in [3.8, 4) is 17.2 Å². The maximum Gasteiger partial charge on any atom is 0.135 e. The Morgan fingerprint density at radius 2 is 1.90 bits per heavy atom. The smallest absolute Gasteiger partial charge is 0.135 e. The number of rotatable bonds is 5. The molecule has 112 valence electrons. The molecule has 1 unspecified atom stereocenters. The fraction of sp³-hybridized carbons (Fsp3) is 0.250. The first-order chi connectivity index (χ1) is 10.0. The van der Waals surface area contributed by atoms with Crippen molar-refractivity contribution in [1.82, 2.24) is 5.32 Å². The maximum absolute atomic E-state index is 13.5. The van der Waals surface area contributed by atoms with Gasteiger partial charge in [-0.15, -0.1) is 0 Å². The Morgan fingerprint density at radius 1 is 1.19 bits per heavy atom. The van der Waals surface area contributed by atoms with Gasteiger partial charge in [0.15, 0.2) is 0 Å². The minimum atomic E-state index is -0.356. The largest absolute Gasteiger partial charge is 0.496 e. The molecule has 1 N–H and O–H groups in total. The molecule has 1 atom stereocenters. The van der Waals surface area contributed by atoms with Gasteiger partial charge in [-0.25, -0.2) is 4.39 Å². The van der Waals surface area contributed by atoms with Crippen LogP contribution in [0.1, 0.15) is 18.5 Å². The number of hydrogen-bond donors (Lipinski definition) is 1. The van der Waals surface area contributed by atoms with E-state index in [0.29, 0.717) is 16.0 Å². The Bertz CT molecular complexity index is 613. The standard InChI is InChI=1S/C16H17BrFNO2/c1-10(19-2)16-14(20-3)5-4-6-15(16)21-13-8-11(17)7-12(18)9-13/h4-10,19H,1-3H3. The molecule has 0 saturated carbocycles. The maximum atomic E-state index is 13.5. The topological polar surface area (TPSA) is 30.5 Å². The quantitative estimate of drug-likeness (QED) is 0.847. The van der Waals surface area contributed by atoms with Crippen molar-refractivity contribution < 1.29 is 13.9 Å². The molecular weight excluding hydrogens is 337 g/mol. The lowest BCUT2D eigenvalue weighted by Crippen LogP contribution is -2.14. The zero-order chi connectivity index (χ0) is 15.4. The van der Waals surface area contributed by atoms with Crippen molar-refractivity contribution >= 4 is 15.9 Å². The summed E-state index contributed by atoms with van der Waals surface area (Å²) in [6, 6.07) is 10.0. The number of benzene rings is 2. The number of methoxy groups -OCH3 is 1. The molecule has 5 heteroatoms. The SMILES string of the molecule is CNC(C)c1c(OC)cccc1Oc1cc(F)cc(Br)c1. The van der Waals surface area contributed by atoms with Gasteiger partial charge in [-0.2, -0.15) is 0 Å². The minimum absolute atomic E-state index is 0.0353. The van der Waals surface area contributed by atoms with E-state index in [-0.39, 0.29) is 11.9 Å². The van der Waals surface area contributed by atoms with Crippen LogP contribution in [0.4, 0.5) is 4.39 Å². The van der Waals surface area contributed by atoms with E-state index in [2.05, 4.69) is 21.2 Å². The normalized spacial score (nSPS) is 12.0. The molecule has 0 amide bonds. The fourth-order valence-electron chi connectivity index (χ4n) is 2.08. The third-order valence-electron chi connectivity index (χ3n) is 3.18. The van der Waals surface area contributed by atoms with Crippen LogP contribution in [0.5, 0.6) is 17.2 Å². The molecule has 3 nitrogen and oxygen atoms in total. The summed E-state index contributed by atoms with van der Waals surface area (Å²) in [4.78, 5) is 0. The van der Waals surface area contributed by atoms with Gasteiger partial charge >= 0.3 is 0 Å². The monoisotopic (exact) mass is 353 g/mol. The van der Waals surface area contributed by atoms with E-state index < -0.39 is 0 Å². The molecule has 0 aliphatic heterocycles. The van der Waals surface area contributed by atoms with Crippen LogP contribution in [0.2, 0.25) is 0 Å². The Labute approximate surface area is 132 Å². The Morgan fingerprint density at radius 3 is 2.52 bits per heavy atom.